The number of hydrogen-bond acceptors (Lipinski definition) is 1. The second kappa shape index (κ2) is 5.76. The van der Waals surface area contributed by atoms with E-state index < -0.39 is 0 Å². The maximum Gasteiger partial charge on any atom is 0.224 e. The van der Waals surface area contributed by atoms with Crippen LogP contribution < -0.4 is 5.32 Å². The fourth-order valence-corrected chi connectivity index (χ4v) is 1.40. The smallest absolute Gasteiger partial charge is 0.224 e. The van der Waals surface area contributed by atoms with Gasteiger partial charge in [0.15, 0.2) is 0 Å². The highest BCUT2D eigenvalue weighted by atomic mass is 35.5. The quantitative estimate of drug-likeness (QED) is 0.783. The van der Waals surface area contributed by atoms with E-state index in [0.717, 1.165) is 12.1 Å². The first kappa shape index (κ1) is 12.1. The Morgan fingerprint density at radius 3 is 2.67 bits per heavy atom. The van der Waals surface area contributed by atoms with Crippen LogP contribution in [-0.2, 0) is 4.79 Å². The molecule has 0 atom stereocenters. The van der Waals surface area contributed by atoms with E-state index in [2.05, 4.69) is 12.2 Å². The molecule has 0 saturated heterocycles. The first-order valence-corrected chi connectivity index (χ1v) is 5.60. The molecular formula is C12H16ClNO. The third-order valence-corrected chi connectivity index (χ3v) is 2.60. The summed E-state index contributed by atoms with van der Waals surface area (Å²) in [4.78, 5) is 11.4. The highest BCUT2D eigenvalue weighted by molar-refractivity contribution is 6.18. The molecule has 3 heteroatoms. The molecule has 0 aromatic heterocycles. The van der Waals surface area contributed by atoms with Gasteiger partial charge >= 0.3 is 0 Å². The van der Waals surface area contributed by atoms with Crippen molar-refractivity contribution in [3.05, 3.63) is 29.3 Å². The van der Waals surface area contributed by atoms with Crippen molar-refractivity contribution in [3.63, 3.8) is 0 Å². The van der Waals surface area contributed by atoms with E-state index in [4.69, 9.17) is 11.6 Å². The predicted molar refractivity (Wildman–Crippen MR) is 64.5 cm³/mol. The van der Waals surface area contributed by atoms with Gasteiger partial charge in [0.25, 0.3) is 0 Å². The molecule has 2 nitrogen and oxygen atoms in total. The number of halogens is 1. The average molecular weight is 226 g/mol. The molecule has 0 unspecified atom stereocenters. The number of carbonyl (C=O) groups excluding carboxylic acids is 1. The zero-order valence-corrected chi connectivity index (χ0v) is 9.90. The summed E-state index contributed by atoms with van der Waals surface area (Å²) in [5, 5.41) is 2.85. The van der Waals surface area contributed by atoms with Gasteiger partial charge in [0.05, 0.1) is 0 Å². The minimum Gasteiger partial charge on any atom is -0.326 e. The van der Waals surface area contributed by atoms with E-state index in [-0.39, 0.29) is 5.91 Å². The zero-order valence-electron chi connectivity index (χ0n) is 9.14. The molecule has 1 N–H and O–H groups in total. The van der Waals surface area contributed by atoms with Gasteiger partial charge in [-0.15, -0.1) is 11.6 Å². The van der Waals surface area contributed by atoms with Crippen molar-refractivity contribution in [2.45, 2.75) is 26.7 Å². The fourth-order valence-electron chi connectivity index (χ4n) is 1.27. The van der Waals surface area contributed by atoms with E-state index in [1.165, 1.54) is 11.1 Å². The second-order valence-corrected chi connectivity index (χ2v) is 4.02. The number of benzene rings is 1. The Morgan fingerprint density at radius 2 is 2.07 bits per heavy atom. The van der Waals surface area contributed by atoms with Crippen LogP contribution in [0.1, 0.15) is 24.0 Å². The second-order valence-electron chi connectivity index (χ2n) is 3.64. The molecule has 0 aliphatic heterocycles. The van der Waals surface area contributed by atoms with Gasteiger partial charge in [-0.05, 0) is 43.5 Å². The predicted octanol–water partition coefficient (Wildman–Crippen LogP) is 3.26. The third kappa shape index (κ3) is 3.92. The Kier molecular flexibility index (Phi) is 4.63. The molecule has 0 saturated carbocycles. The largest absolute Gasteiger partial charge is 0.326 e. The normalized spacial score (nSPS) is 10.1. The van der Waals surface area contributed by atoms with Crippen molar-refractivity contribution in [2.24, 2.45) is 0 Å². The molecule has 1 aromatic carbocycles. The van der Waals surface area contributed by atoms with Crippen molar-refractivity contribution in [1.82, 2.24) is 0 Å². The van der Waals surface area contributed by atoms with Crippen LogP contribution in [0.25, 0.3) is 0 Å². The molecule has 1 rings (SSSR count). The summed E-state index contributed by atoms with van der Waals surface area (Å²) in [6.45, 7) is 4.08. The van der Waals surface area contributed by atoms with E-state index >= 15 is 0 Å². The molecule has 0 fully saturated rings. The van der Waals surface area contributed by atoms with Crippen LogP contribution in [0.5, 0.6) is 0 Å². The summed E-state index contributed by atoms with van der Waals surface area (Å²) in [6.07, 6.45) is 1.20. The molecular weight excluding hydrogens is 210 g/mol. The van der Waals surface area contributed by atoms with Crippen LogP contribution in [0.2, 0.25) is 0 Å². The summed E-state index contributed by atoms with van der Waals surface area (Å²) in [5.41, 5.74) is 3.27. The number of hydrogen-bond donors (Lipinski definition) is 1. The molecule has 0 heterocycles. The Balaban J connectivity index is 2.57. The van der Waals surface area contributed by atoms with Crippen LogP contribution in [0, 0.1) is 13.8 Å². The minimum atomic E-state index is 0.0268. The fraction of sp³-hybridized carbons (Fsp3) is 0.417. The molecule has 0 aliphatic carbocycles. The molecule has 0 spiro atoms. The van der Waals surface area contributed by atoms with E-state index in [1.807, 2.05) is 25.1 Å². The van der Waals surface area contributed by atoms with Crippen LogP contribution >= 0.6 is 11.6 Å². The van der Waals surface area contributed by atoms with Gasteiger partial charge in [-0.1, -0.05) is 6.07 Å². The van der Waals surface area contributed by atoms with Gasteiger partial charge < -0.3 is 5.32 Å². The lowest BCUT2D eigenvalue weighted by atomic mass is 10.1. The van der Waals surface area contributed by atoms with Crippen molar-refractivity contribution in [3.8, 4) is 0 Å². The van der Waals surface area contributed by atoms with Crippen molar-refractivity contribution >= 4 is 23.2 Å². The number of rotatable bonds is 4. The molecule has 0 radical (unpaired) electrons. The molecule has 82 valence electrons. The lowest BCUT2D eigenvalue weighted by Crippen LogP contribution is -2.11. The maximum absolute atomic E-state index is 11.4. The van der Waals surface area contributed by atoms with Crippen molar-refractivity contribution in [1.29, 1.82) is 0 Å². The first-order chi connectivity index (χ1) is 7.13. The highest BCUT2D eigenvalue weighted by Crippen LogP contribution is 2.14. The summed E-state index contributed by atoms with van der Waals surface area (Å²) >= 11 is 5.51. The molecule has 0 aliphatic rings. The number of amides is 1. The van der Waals surface area contributed by atoms with Crippen LogP contribution in [0.3, 0.4) is 0 Å². The van der Waals surface area contributed by atoms with Crippen molar-refractivity contribution < 1.29 is 4.79 Å². The number of anilines is 1. The van der Waals surface area contributed by atoms with Gasteiger partial charge in [0, 0.05) is 18.0 Å². The van der Waals surface area contributed by atoms with E-state index in [1.54, 1.807) is 0 Å². The molecule has 15 heavy (non-hydrogen) atoms. The highest BCUT2D eigenvalue weighted by Gasteiger charge is 2.02. The molecule has 1 aromatic rings. The van der Waals surface area contributed by atoms with Gasteiger partial charge in [0.2, 0.25) is 5.91 Å². The topological polar surface area (TPSA) is 29.1 Å². The Labute approximate surface area is 95.6 Å². The summed E-state index contributed by atoms with van der Waals surface area (Å²) in [5.74, 6) is 0.555. The standard InChI is InChI=1S/C12H16ClNO/c1-9-5-6-11(8-10(9)2)14-12(15)4-3-7-13/h5-6,8H,3-4,7H2,1-2H3,(H,14,15). The van der Waals surface area contributed by atoms with Crippen LogP contribution in [-0.4, -0.2) is 11.8 Å². The van der Waals surface area contributed by atoms with Crippen molar-refractivity contribution in [2.75, 3.05) is 11.2 Å². The maximum atomic E-state index is 11.4. The Hall–Kier alpha value is -1.02. The third-order valence-electron chi connectivity index (χ3n) is 2.33. The molecule has 0 bridgehead atoms. The minimum absolute atomic E-state index is 0.0268. The monoisotopic (exact) mass is 225 g/mol. The number of carbonyl (C=O) groups is 1. The SMILES string of the molecule is Cc1ccc(NC(=O)CCCCl)cc1C. The number of alkyl halides is 1. The lowest BCUT2D eigenvalue weighted by Gasteiger charge is -2.06. The Morgan fingerprint density at radius 1 is 1.33 bits per heavy atom. The summed E-state index contributed by atoms with van der Waals surface area (Å²) in [6, 6.07) is 5.90. The summed E-state index contributed by atoms with van der Waals surface area (Å²) in [7, 11) is 0. The van der Waals surface area contributed by atoms with Gasteiger partial charge in [0.1, 0.15) is 0 Å². The first-order valence-electron chi connectivity index (χ1n) is 5.06. The lowest BCUT2D eigenvalue weighted by molar-refractivity contribution is -0.116. The zero-order chi connectivity index (χ0) is 11.3. The van der Waals surface area contributed by atoms with Crippen LogP contribution in [0.15, 0.2) is 18.2 Å². The number of aryl methyl sites for hydroxylation is 2. The molecule has 1 amide bonds. The Bertz CT molecular complexity index is 349. The van der Waals surface area contributed by atoms with Gasteiger partial charge in [-0.3, -0.25) is 4.79 Å². The number of nitrogens with one attached hydrogen (secondary N) is 1. The van der Waals surface area contributed by atoms with E-state index in [0.29, 0.717) is 12.3 Å². The van der Waals surface area contributed by atoms with Gasteiger partial charge in [-0.25, -0.2) is 0 Å². The van der Waals surface area contributed by atoms with Gasteiger partial charge in [-0.2, -0.15) is 0 Å². The van der Waals surface area contributed by atoms with Crippen LogP contribution in [0.4, 0.5) is 5.69 Å². The average Bonchev–Trinajstić information content (AvgIpc) is 2.20. The van der Waals surface area contributed by atoms with E-state index in [9.17, 15) is 4.79 Å². The summed E-state index contributed by atoms with van der Waals surface area (Å²) < 4.78 is 0.